The molecule has 0 atom stereocenters. The second-order valence-corrected chi connectivity index (χ2v) is 2.87. The van der Waals surface area contributed by atoms with Crippen molar-refractivity contribution in [3.63, 3.8) is 0 Å². The number of fused-ring (bicyclic) bond motifs is 1. The first-order chi connectivity index (χ1) is 6.83. The molecule has 1 radical (unpaired) electrons. The van der Waals surface area contributed by atoms with Crippen LogP contribution < -0.4 is 0 Å². The molecule has 0 aliphatic carbocycles. The summed E-state index contributed by atoms with van der Waals surface area (Å²) in [4.78, 5) is 11.4. The van der Waals surface area contributed by atoms with Gasteiger partial charge < -0.3 is 4.74 Å². The Hall–Kier alpha value is -1.77. The molecule has 0 N–H and O–H groups in total. The Kier molecular flexibility index (Phi) is 2.23. The van der Waals surface area contributed by atoms with E-state index in [9.17, 15) is 4.79 Å². The van der Waals surface area contributed by atoms with Crippen molar-refractivity contribution in [2.75, 3.05) is 6.61 Å². The highest BCUT2D eigenvalue weighted by molar-refractivity contribution is 5.89. The third-order valence-corrected chi connectivity index (χ3v) is 1.98. The molecule has 0 saturated carbocycles. The van der Waals surface area contributed by atoms with Gasteiger partial charge in [0.1, 0.15) is 0 Å². The molecule has 0 amide bonds. The van der Waals surface area contributed by atoms with Gasteiger partial charge in [0.15, 0.2) is 0 Å². The van der Waals surface area contributed by atoms with Crippen LogP contribution in [0.5, 0.6) is 0 Å². The summed E-state index contributed by atoms with van der Waals surface area (Å²) in [5.41, 5.74) is 0.825. The van der Waals surface area contributed by atoms with E-state index in [1.54, 1.807) is 13.0 Å². The van der Waals surface area contributed by atoms with Crippen molar-refractivity contribution in [2.24, 2.45) is 0 Å². The maximum absolute atomic E-state index is 11.4. The van der Waals surface area contributed by atoms with Gasteiger partial charge in [0.25, 0.3) is 0 Å². The number of carbonyl (C=O) groups excluding carboxylic acids is 1. The molecule has 3 heteroatoms. The van der Waals surface area contributed by atoms with Crippen molar-refractivity contribution >= 4 is 17.0 Å². The normalized spacial score (nSPS) is 10.4. The van der Waals surface area contributed by atoms with Crippen molar-refractivity contribution in [1.29, 1.82) is 0 Å². The molecule has 0 aliphatic rings. The second kappa shape index (κ2) is 3.54. The number of aromatic nitrogens is 1. The maximum atomic E-state index is 11.4. The fourth-order valence-corrected chi connectivity index (χ4v) is 1.36. The van der Waals surface area contributed by atoms with E-state index >= 15 is 0 Å². The zero-order valence-electron chi connectivity index (χ0n) is 7.86. The molecular weight excluding hydrogens is 178 g/mol. The van der Waals surface area contributed by atoms with Gasteiger partial charge in [0, 0.05) is 5.39 Å². The molecule has 1 heterocycles. The smallest absolute Gasteiger partial charge is 0.419 e. The number of hydrogen-bond acceptors (Lipinski definition) is 2. The molecular formula is C11H10NO2. The Labute approximate surface area is 81.9 Å². The Morgan fingerprint density at radius 3 is 3.07 bits per heavy atom. The van der Waals surface area contributed by atoms with Crippen LogP contribution >= 0.6 is 0 Å². The Balaban J connectivity index is 2.47. The van der Waals surface area contributed by atoms with E-state index in [4.69, 9.17) is 4.74 Å². The largest absolute Gasteiger partial charge is 0.449 e. The molecule has 0 fully saturated rings. The number of benzene rings is 1. The molecule has 0 unspecified atom stereocenters. The summed E-state index contributed by atoms with van der Waals surface area (Å²) in [6.45, 7) is 2.16. The van der Waals surface area contributed by atoms with Crippen LogP contribution in [-0.2, 0) is 4.74 Å². The maximum Gasteiger partial charge on any atom is 0.419 e. The van der Waals surface area contributed by atoms with Crippen molar-refractivity contribution < 1.29 is 9.53 Å². The van der Waals surface area contributed by atoms with Gasteiger partial charge in [-0.15, -0.1) is 0 Å². The Morgan fingerprint density at radius 2 is 2.29 bits per heavy atom. The molecule has 14 heavy (non-hydrogen) atoms. The number of rotatable bonds is 1. The fraction of sp³-hybridized carbons (Fsp3) is 0.182. The number of ether oxygens (including phenoxy) is 1. The lowest BCUT2D eigenvalue weighted by Gasteiger charge is -2.02. The average Bonchev–Trinajstić information content (AvgIpc) is 2.61. The molecule has 2 aromatic rings. The first-order valence-electron chi connectivity index (χ1n) is 4.48. The summed E-state index contributed by atoms with van der Waals surface area (Å²) >= 11 is 0. The fourth-order valence-electron chi connectivity index (χ4n) is 1.36. The Morgan fingerprint density at radius 1 is 1.50 bits per heavy atom. The lowest BCUT2D eigenvalue weighted by Crippen LogP contribution is -2.12. The van der Waals surface area contributed by atoms with Gasteiger partial charge in [-0.2, -0.15) is 0 Å². The summed E-state index contributed by atoms with van der Waals surface area (Å²) in [6, 6.07) is 9.37. The van der Waals surface area contributed by atoms with Crippen LogP contribution in [0.4, 0.5) is 4.79 Å². The van der Waals surface area contributed by atoms with Crippen molar-refractivity contribution in [1.82, 2.24) is 4.57 Å². The van der Waals surface area contributed by atoms with Crippen LogP contribution in [-0.4, -0.2) is 17.3 Å². The zero-order valence-corrected chi connectivity index (χ0v) is 7.86. The molecule has 0 saturated heterocycles. The van der Waals surface area contributed by atoms with E-state index in [0.717, 1.165) is 10.9 Å². The van der Waals surface area contributed by atoms with Crippen LogP contribution in [0, 0.1) is 6.20 Å². The summed E-state index contributed by atoms with van der Waals surface area (Å²) in [7, 11) is 0. The van der Waals surface area contributed by atoms with Crippen molar-refractivity contribution in [2.45, 2.75) is 6.92 Å². The second-order valence-electron chi connectivity index (χ2n) is 2.87. The van der Waals surface area contributed by atoms with Gasteiger partial charge in [-0.25, -0.2) is 9.36 Å². The number of carbonyl (C=O) groups is 1. The van der Waals surface area contributed by atoms with Gasteiger partial charge in [-0.3, -0.25) is 0 Å². The first kappa shape index (κ1) is 8.81. The highest BCUT2D eigenvalue weighted by Crippen LogP contribution is 2.14. The minimum atomic E-state index is -0.381. The molecule has 1 aromatic carbocycles. The van der Waals surface area contributed by atoms with Crippen LogP contribution in [0.25, 0.3) is 10.9 Å². The number of para-hydroxylation sites is 1. The number of hydrogen-bond donors (Lipinski definition) is 0. The van der Waals surface area contributed by atoms with Crippen molar-refractivity contribution in [3.8, 4) is 0 Å². The standard InChI is InChI=1S/C11H10NO2/c1-2-14-11(13)12-8-7-9-5-3-4-6-10(9)12/h3-7H,2H2,1H3. The molecule has 0 aliphatic heterocycles. The highest BCUT2D eigenvalue weighted by Gasteiger charge is 2.08. The number of nitrogens with zero attached hydrogens (tertiary/aromatic N) is 1. The summed E-state index contributed by atoms with van der Waals surface area (Å²) < 4.78 is 6.27. The van der Waals surface area contributed by atoms with Crippen molar-refractivity contribution in [3.05, 3.63) is 36.5 Å². The first-order valence-corrected chi connectivity index (χ1v) is 4.48. The molecule has 71 valence electrons. The van der Waals surface area contributed by atoms with E-state index in [0.29, 0.717) is 6.61 Å². The van der Waals surface area contributed by atoms with E-state index in [2.05, 4.69) is 6.20 Å². The SMILES string of the molecule is CCOC(=O)n1[c]cc2ccccc21. The van der Waals surface area contributed by atoms with E-state index in [1.807, 2.05) is 24.3 Å². The molecule has 0 bridgehead atoms. The van der Waals surface area contributed by atoms with Crippen LogP contribution in [0.3, 0.4) is 0 Å². The van der Waals surface area contributed by atoms with E-state index < -0.39 is 0 Å². The average molecular weight is 188 g/mol. The third kappa shape index (κ3) is 1.37. The highest BCUT2D eigenvalue weighted by atomic mass is 16.5. The summed E-state index contributed by atoms with van der Waals surface area (Å²) in [5, 5.41) is 0.987. The van der Waals surface area contributed by atoms with E-state index in [1.165, 1.54) is 4.57 Å². The van der Waals surface area contributed by atoms with Gasteiger partial charge in [-0.05, 0) is 19.1 Å². The summed E-state index contributed by atoms with van der Waals surface area (Å²) in [5.74, 6) is 0. The topological polar surface area (TPSA) is 31.2 Å². The quantitative estimate of drug-likeness (QED) is 0.688. The predicted octanol–water partition coefficient (Wildman–Crippen LogP) is 2.45. The zero-order chi connectivity index (χ0) is 9.97. The lowest BCUT2D eigenvalue weighted by molar-refractivity contribution is 0.155. The van der Waals surface area contributed by atoms with Gasteiger partial charge in [-0.1, -0.05) is 18.2 Å². The molecule has 2 rings (SSSR count). The summed E-state index contributed by atoms with van der Waals surface area (Å²) in [6.07, 6.45) is 2.46. The van der Waals surface area contributed by atoms with Crippen LogP contribution in [0.2, 0.25) is 0 Å². The monoisotopic (exact) mass is 188 g/mol. The van der Waals surface area contributed by atoms with Gasteiger partial charge in [0.2, 0.25) is 0 Å². The minimum Gasteiger partial charge on any atom is -0.449 e. The minimum absolute atomic E-state index is 0.374. The molecule has 3 nitrogen and oxygen atoms in total. The van der Waals surface area contributed by atoms with E-state index in [-0.39, 0.29) is 6.09 Å². The van der Waals surface area contributed by atoms with Gasteiger partial charge >= 0.3 is 6.09 Å². The Bertz CT molecular complexity index is 459. The van der Waals surface area contributed by atoms with Crippen LogP contribution in [0.15, 0.2) is 30.3 Å². The molecule has 0 spiro atoms. The lowest BCUT2D eigenvalue weighted by atomic mass is 10.2. The predicted molar refractivity (Wildman–Crippen MR) is 53.2 cm³/mol. The molecule has 1 aromatic heterocycles. The van der Waals surface area contributed by atoms with Gasteiger partial charge in [0.05, 0.1) is 18.3 Å². The third-order valence-electron chi connectivity index (χ3n) is 1.98. The van der Waals surface area contributed by atoms with Crippen LogP contribution in [0.1, 0.15) is 6.92 Å².